The lowest BCUT2D eigenvalue weighted by Gasteiger charge is -2.34. The summed E-state index contributed by atoms with van der Waals surface area (Å²) in [7, 11) is 0. The highest BCUT2D eigenvalue weighted by molar-refractivity contribution is 5.77. The first kappa shape index (κ1) is 13.8. The minimum atomic E-state index is -0.455. The summed E-state index contributed by atoms with van der Waals surface area (Å²) in [5.74, 6) is -0.619. The van der Waals surface area contributed by atoms with Crippen molar-refractivity contribution in [3.63, 3.8) is 0 Å². The number of hydrogen-bond acceptors (Lipinski definition) is 4. The maximum Gasteiger partial charge on any atom is 0.248 e. The number of nitrogen functional groups attached to an aromatic ring is 1. The van der Waals surface area contributed by atoms with Crippen LogP contribution in [0.5, 0.6) is 0 Å². The highest BCUT2D eigenvalue weighted by Gasteiger charge is 2.21. The predicted octanol–water partition coefficient (Wildman–Crippen LogP) is 0.0444. The van der Waals surface area contributed by atoms with Crippen molar-refractivity contribution >= 4 is 11.6 Å². The van der Waals surface area contributed by atoms with Gasteiger partial charge in [-0.2, -0.15) is 0 Å². The van der Waals surface area contributed by atoms with E-state index in [-0.39, 0.29) is 17.4 Å². The van der Waals surface area contributed by atoms with Crippen LogP contribution in [0, 0.1) is 5.82 Å². The molecule has 5 nitrogen and oxygen atoms in total. The van der Waals surface area contributed by atoms with E-state index in [4.69, 9.17) is 10.8 Å². The maximum absolute atomic E-state index is 13.8. The minimum absolute atomic E-state index is 0.159. The van der Waals surface area contributed by atoms with Crippen molar-refractivity contribution in [2.45, 2.75) is 6.54 Å². The number of benzene rings is 1. The first-order valence-corrected chi connectivity index (χ1v) is 6.25. The number of aliphatic hydroxyl groups excluding tert-OH is 1. The Morgan fingerprint density at radius 2 is 2.00 bits per heavy atom. The normalized spacial score (nSPS) is 16.6. The van der Waals surface area contributed by atoms with E-state index in [1.807, 2.05) is 0 Å². The van der Waals surface area contributed by atoms with Crippen LogP contribution in [0.4, 0.5) is 10.1 Å². The monoisotopic (exact) mass is 267 g/mol. The number of carbonyl (C=O) groups is 1. The summed E-state index contributed by atoms with van der Waals surface area (Å²) in [4.78, 5) is 15.0. The van der Waals surface area contributed by atoms with Crippen molar-refractivity contribution in [1.29, 1.82) is 0 Å². The highest BCUT2D eigenvalue weighted by Crippen LogP contribution is 2.17. The molecule has 1 amide bonds. The second kappa shape index (κ2) is 5.99. The van der Waals surface area contributed by atoms with Gasteiger partial charge in [-0.1, -0.05) is 12.1 Å². The number of halogens is 1. The molecule has 0 unspecified atom stereocenters. The van der Waals surface area contributed by atoms with E-state index in [9.17, 15) is 9.18 Å². The molecule has 6 heteroatoms. The van der Waals surface area contributed by atoms with E-state index in [0.717, 1.165) is 0 Å². The number of nitrogens with two attached hydrogens (primary N) is 1. The van der Waals surface area contributed by atoms with Gasteiger partial charge in [0.1, 0.15) is 6.61 Å². The van der Waals surface area contributed by atoms with E-state index >= 15 is 0 Å². The number of piperazine rings is 1. The van der Waals surface area contributed by atoms with Gasteiger partial charge in [-0.3, -0.25) is 9.69 Å². The fraction of sp³-hybridized carbons (Fsp3) is 0.462. The molecule has 0 aromatic heterocycles. The Labute approximate surface area is 111 Å². The number of carbonyl (C=O) groups excluding carboxylic acids is 1. The molecule has 2 rings (SSSR count). The first-order chi connectivity index (χ1) is 9.11. The molecule has 19 heavy (non-hydrogen) atoms. The predicted molar refractivity (Wildman–Crippen MR) is 69.8 cm³/mol. The molecule has 1 aliphatic rings. The smallest absolute Gasteiger partial charge is 0.248 e. The van der Waals surface area contributed by atoms with Gasteiger partial charge in [0.2, 0.25) is 5.91 Å². The van der Waals surface area contributed by atoms with Crippen LogP contribution in [0.15, 0.2) is 18.2 Å². The Hall–Kier alpha value is -1.66. The van der Waals surface area contributed by atoms with Gasteiger partial charge in [0.15, 0.2) is 5.82 Å². The number of hydrogen-bond donors (Lipinski definition) is 2. The van der Waals surface area contributed by atoms with Crippen LogP contribution in [0.3, 0.4) is 0 Å². The summed E-state index contributed by atoms with van der Waals surface area (Å²) in [6.45, 7) is 2.48. The SMILES string of the molecule is Nc1cccc(CN2CCN(C(=O)CO)CC2)c1F. The van der Waals surface area contributed by atoms with Crippen LogP contribution in [0.1, 0.15) is 5.56 Å². The number of aliphatic hydroxyl groups is 1. The zero-order valence-corrected chi connectivity index (χ0v) is 10.7. The molecule has 104 valence electrons. The number of amides is 1. The molecule has 1 aromatic carbocycles. The molecule has 3 N–H and O–H groups in total. The standard InChI is InChI=1S/C13H18FN3O2/c14-13-10(2-1-3-11(13)15)8-16-4-6-17(7-5-16)12(19)9-18/h1-3,18H,4-9,15H2. The Morgan fingerprint density at radius 3 is 2.63 bits per heavy atom. The molecule has 0 aliphatic carbocycles. The second-order valence-corrected chi connectivity index (χ2v) is 4.64. The maximum atomic E-state index is 13.8. The quantitative estimate of drug-likeness (QED) is 0.759. The Morgan fingerprint density at radius 1 is 1.32 bits per heavy atom. The molecule has 1 heterocycles. The van der Waals surface area contributed by atoms with Crippen LogP contribution in [-0.2, 0) is 11.3 Å². The average Bonchev–Trinajstić information content (AvgIpc) is 2.44. The van der Waals surface area contributed by atoms with Crippen LogP contribution in [-0.4, -0.2) is 53.6 Å². The van der Waals surface area contributed by atoms with E-state index in [1.165, 1.54) is 6.07 Å². The summed E-state index contributed by atoms with van der Waals surface area (Å²) < 4.78 is 13.8. The van der Waals surface area contributed by atoms with Crippen molar-refractivity contribution in [3.8, 4) is 0 Å². The summed E-state index contributed by atoms with van der Waals surface area (Å²) in [6, 6.07) is 4.99. The summed E-state index contributed by atoms with van der Waals surface area (Å²) in [6.07, 6.45) is 0. The van der Waals surface area contributed by atoms with Crippen LogP contribution >= 0.6 is 0 Å². The number of rotatable bonds is 3. The van der Waals surface area contributed by atoms with Gasteiger partial charge in [-0.15, -0.1) is 0 Å². The van der Waals surface area contributed by atoms with E-state index in [0.29, 0.717) is 38.3 Å². The average molecular weight is 267 g/mol. The number of anilines is 1. The van der Waals surface area contributed by atoms with Gasteiger partial charge in [-0.25, -0.2) is 4.39 Å². The molecule has 0 radical (unpaired) electrons. The zero-order chi connectivity index (χ0) is 13.8. The van der Waals surface area contributed by atoms with Crippen molar-refractivity contribution in [1.82, 2.24) is 9.80 Å². The van der Waals surface area contributed by atoms with Gasteiger partial charge in [0, 0.05) is 38.3 Å². The fourth-order valence-corrected chi connectivity index (χ4v) is 2.22. The van der Waals surface area contributed by atoms with Gasteiger partial charge in [0.05, 0.1) is 5.69 Å². The number of nitrogens with zero attached hydrogens (tertiary/aromatic N) is 2. The molecule has 0 saturated carbocycles. The second-order valence-electron chi connectivity index (χ2n) is 4.64. The Balaban J connectivity index is 1.92. The van der Waals surface area contributed by atoms with Gasteiger partial charge < -0.3 is 15.7 Å². The van der Waals surface area contributed by atoms with Crippen LogP contribution in [0.2, 0.25) is 0 Å². The third kappa shape index (κ3) is 3.21. The van der Waals surface area contributed by atoms with Crippen LogP contribution < -0.4 is 5.73 Å². The molecule has 1 fully saturated rings. The first-order valence-electron chi connectivity index (χ1n) is 6.25. The van der Waals surface area contributed by atoms with Crippen LogP contribution in [0.25, 0.3) is 0 Å². The van der Waals surface area contributed by atoms with Gasteiger partial charge >= 0.3 is 0 Å². The van der Waals surface area contributed by atoms with E-state index in [2.05, 4.69) is 4.90 Å². The van der Waals surface area contributed by atoms with E-state index in [1.54, 1.807) is 17.0 Å². The molecule has 1 aliphatic heterocycles. The minimum Gasteiger partial charge on any atom is -0.396 e. The molecular formula is C13H18FN3O2. The van der Waals surface area contributed by atoms with Crippen molar-refractivity contribution < 1.29 is 14.3 Å². The third-order valence-corrected chi connectivity index (χ3v) is 3.36. The third-order valence-electron chi connectivity index (χ3n) is 3.36. The van der Waals surface area contributed by atoms with Crippen molar-refractivity contribution in [2.75, 3.05) is 38.5 Å². The largest absolute Gasteiger partial charge is 0.396 e. The topological polar surface area (TPSA) is 69.8 Å². The molecule has 0 atom stereocenters. The lowest BCUT2D eigenvalue weighted by molar-refractivity contribution is -0.136. The lowest BCUT2D eigenvalue weighted by Crippen LogP contribution is -2.49. The fourth-order valence-electron chi connectivity index (χ4n) is 2.22. The Bertz CT molecular complexity index is 459. The lowest BCUT2D eigenvalue weighted by atomic mass is 10.1. The Kier molecular flexibility index (Phi) is 4.34. The van der Waals surface area contributed by atoms with E-state index < -0.39 is 6.61 Å². The van der Waals surface area contributed by atoms with Crippen molar-refractivity contribution in [2.24, 2.45) is 0 Å². The van der Waals surface area contributed by atoms with Gasteiger partial charge in [-0.05, 0) is 6.07 Å². The summed E-state index contributed by atoms with van der Waals surface area (Å²) in [5.41, 5.74) is 6.26. The highest BCUT2D eigenvalue weighted by atomic mass is 19.1. The molecule has 1 saturated heterocycles. The molecule has 1 aromatic rings. The summed E-state index contributed by atoms with van der Waals surface area (Å²) in [5, 5.41) is 8.79. The van der Waals surface area contributed by atoms with Crippen molar-refractivity contribution in [3.05, 3.63) is 29.6 Å². The zero-order valence-electron chi connectivity index (χ0n) is 10.7. The summed E-state index contributed by atoms with van der Waals surface area (Å²) >= 11 is 0. The molecule has 0 spiro atoms. The molecular weight excluding hydrogens is 249 g/mol. The van der Waals surface area contributed by atoms with Gasteiger partial charge in [0.25, 0.3) is 0 Å². The molecule has 0 bridgehead atoms.